The summed E-state index contributed by atoms with van der Waals surface area (Å²) in [5.41, 5.74) is 10.2. The molecule has 2 N–H and O–H groups in total. The predicted octanol–water partition coefficient (Wildman–Crippen LogP) is 5.45. The van der Waals surface area contributed by atoms with Gasteiger partial charge in [-0.15, -0.1) is 0 Å². The second kappa shape index (κ2) is 11.7. The van der Waals surface area contributed by atoms with Crippen molar-refractivity contribution < 1.29 is 18.8 Å². The van der Waals surface area contributed by atoms with Gasteiger partial charge in [-0.2, -0.15) is 0 Å². The molecule has 2 amide bonds. The predicted molar refractivity (Wildman–Crippen MR) is 154 cm³/mol. The zero-order valence-electron chi connectivity index (χ0n) is 23.9. The van der Waals surface area contributed by atoms with E-state index in [-0.39, 0.29) is 30.0 Å². The van der Waals surface area contributed by atoms with Crippen molar-refractivity contribution in [3.63, 3.8) is 0 Å². The number of nitrogens with zero attached hydrogens (tertiary/aromatic N) is 2. The van der Waals surface area contributed by atoms with Crippen LogP contribution in [0.5, 0.6) is 0 Å². The fraction of sp³-hybridized carbons (Fsp3) is 0.364. The van der Waals surface area contributed by atoms with Crippen molar-refractivity contribution in [2.24, 2.45) is 11.1 Å². The molecule has 0 fully saturated rings. The maximum Gasteiger partial charge on any atom is 0.246 e. The van der Waals surface area contributed by atoms with E-state index in [1.165, 1.54) is 19.1 Å². The molecule has 0 saturated carbocycles. The number of fused-ring (bicyclic) bond motifs is 1. The number of carbonyl (C=O) groups is 3. The number of rotatable bonds is 7. The average Bonchev–Trinajstić information content (AvgIpc) is 2.93. The van der Waals surface area contributed by atoms with E-state index in [2.05, 4.69) is 0 Å². The number of hydrogen-bond donors (Lipinski definition) is 1. The maximum atomic E-state index is 14.5. The number of Topliss-reactive ketones (excluding diaryl/α,β-unsaturated/α-hetero) is 1. The molecule has 210 valence electrons. The molecule has 3 aromatic rings. The van der Waals surface area contributed by atoms with Crippen molar-refractivity contribution in [1.29, 1.82) is 0 Å². The van der Waals surface area contributed by atoms with Gasteiger partial charge in [0.05, 0.1) is 12.1 Å². The quantitative estimate of drug-likeness (QED) is 0.402. The molecule has 3 atom stereocenters. The Balaban J connectivity index is 1.74. The first kappa shape index (κ1) is 29.2. The number of amides is 2. The van der Waals surface area contributed by atoms with Crippen LogP contribution >= 0.6 is 0 Å². The van der Waals surface area contributed by atoms with E-state index >= 15 is 0 Å². The van der Waals surface area contributed by atoms with Crippen molar-refractivity contribution in [2.45, 2.75) is 72.3 Å². The minimum Gasteiger partial charge on any atom is -0.330 e. The van der Waals surface area contributed by atoms with Gasteiger partial charge in [0.15, 0.2) is 5.78 Å². The van der Waals surface area contributed by atoms with Crippen LogP contribution in [0, 0.1) is 11.2 Å². The molecule has 0 aromatic heterocycles. The van der Waals surface area contributed by atoms with Gasteiger partial charge in [0.25, 0.3) is 0 Å². The van der Waals surface area contributed by atoms with Crippen LogP contribution < -0.4 is 5.73 Å². The summed E-state index contributed by atoms with van der Waals surface area (Å²) < 4.78 is 13.7. The highest BCUT2D eigenvalue weighted by atomic mass is 19.1. The summed E-state index contributed by atoms with van der Waals surface area (Å²) in [6, 6.07) is 19.2. The van der Waals surface area contributed by atoms with Crippen molar-refractivity contribution in [1.82, 2.24) is 9.80 Å². The van der Waals surface area contributed by atoms with Gasteiger partial charge < -0.3 is 15.5 Å². The van der Waals surface area contributed by atoms with Crippen LogP contribution in [0.15, 0.2) is 72.8 Å². The summed E-state index contributed by atoms with van der Waals surface area (Å²) in [4.78, 5) is 43.5. The Morgan fingerprint density at radius 3 is 2.15 bits per heavy atom. The number of ketones is 1. The lowest BCUT2D eigenvalue weighted by Gasteiger charge is -2.42. The van der Waals surface area contributed by atoms with E-state index in [0.29, 0.717) is 18.5 Å². The largest absolute Gasteiger partial charge is 0.330 e. The molecular weight excluding hydrogens is 505 g/mol. The summed E-state index contributed by atoms with van der Waals surface area (Å²) in [6.45, 7) is 9.70. The van der Waals surface area contributed by atoms with Crippen LogP contribution in [0.3, 0.4) is 0 Å². The number of nitrogens with two attached hydrogens (primary N) is 1. The van der Waals surface area contributed by atoms with Crippen LogP contribution in [0.4, 0.5) is 4.39 Å². The van der Waals surface area contributed by atoms with Crippen molar-refractivity contribution in [3.05, 3.63) is 106 Å². The second-order valence-electron chi connectivity index (χ2n) is 11.7. The van der Waals surface area contributed by atoms with E-state index in [4.69, 9.17) is 5.73 Å². The Labute approximate surface area is 236 Å². The van der Waals surface area contributed by atoms with Crippen LogP contribution in [-0.2, 0) is 29.1 Å². The highest BCUT2D eigenvalue weighted by Gasteiger charge is 2.41. The number of carbonyl (C=O) groups excluding carboxylic acids is 3. The Bertz CT molecular complexity index is 1380. The number of hydrogen-bond acceptors (Lipinski definition) is 4. The van der Waals surface area contributed by atoms with Gasteiger partial charge in [-0.05, 0) is 53.6 Å². The molecule has 0 spiro atoms. The van der Waals surface area contributed by atoms with E-state index in [0.717, 1.165) is 22.3 Å². The molecule has 1 aliphatic heterocycles. The van der Waals surface area contributed by atoms with Crippen LogP contribution in [0.25, 0.3) is 0 Å². The standard InChI is InChI=1S/C33H38FN3O3/c1-21(24-14-16-28(34)17-15-24)36(19-23-10-12-25(13-11-23)22(2)38)31(39)29-18-26-8-6-7-9-27(26)20-37(29)32(40)30(35)33(3,4)5/h6-17,21,29-30H,18-20,35H2,1-5H3/t21-,29+,30-/m1/s1. The Hall–Kier alpha value is -3.84. The highest BCUT2D eigenvalue weighted by Crippen LogP contribution is 2.31. The van der Waals surface area contributed by atoms with Gasteiger partial charge in [0, 0.05) is 25.1 Å². The normalized spacial score (nSPS) is 16.6. The second-order valence-corrected chi connectivity index (χ2v) is 11.7. The van der Waals surface area contributed by atoms with Gasteiger partial charge in [-0.25, -0.2) is 4.39 Å². The lowest BCUT2D eigenvalue weighted by atomic mass is 9.85. The fourth-order valence-electron chi connectivity index (χ4n) is 5.08. The lowest BCUT2D eigenvalue weighted by molar-refractivity contribution is -0.151. The summed E-state index contributed by atoms with van der Waals surface area (Å²) in [5.74, 6) is -0.869. The first-order valence-electron chi connectivity index (χ1n) is 13.7. The molecule has 0 unspecified atom stereocenters. The van der Waals surface area contributed by atoms with Gasteiger partial charge in [-0.1, -0.05) is 81.4 Å². The van der Waals surface area contributed by atoms with Gasteiger partial charge in [-0.3, -0.25) is 14.4 Å². The third-order valence-corrected chi connectivity index (χ3v) is 7.83. The third-order valence-electron chi connectivity index (χ3n) is 7.83. The van der Waals surface area contributed by atoms with E-state index in [1.807, 2.05) is 64.1 Å². The van der Waals surface area contributed by atoms with Crippen LogP contribution in [0.2, 0.25) is 0 Å². The van der Waals surface area contributed by atoms with Gasteiger partial charge in [0.2, 0.25) is 11.8 Å². The third kappa shape index (κ3) is 6.31. The molecule has 4 rings (SSSR count). The minimum atomic E-state index is -0.782. The topological polar surface area (TPSA) is 83.7 Å². The SMILES string of the molecule is CC(=O)c1ccc(CN(C(=O)[C@@H]2Cc3ccccc3CN2C(=O)[C@@H](N)C(C)(C)C)[C@H](C)c2ccc(F)cc2)cc1. The molecule has 1 heterocycles. The summed E-state index contributed by atoms with van der Waals surface area (Å²) >= 11 is 0. The molecule has 0 radical (unpaired) electrons. The Kier molecular flexibility index (Phi) is 8.54. The van der Waals surface area contributed by atoms with Crippen molar-refractivity contribution in [2.75, 3.05) is 0 Å². The summed E-state index contributed by atoms with van der Waals surface area (Å²) in [7, 11) is 0. The molecule has 0 aliphatic carbocycles. The zero-order chi connectivity index (χ0) is 29.2. The van der Waals surface area contributed by atoms with E-state index < -0.39 is 23.5 Å². The minimum absolute atomic E-state index is 0.0376. The number of halogens is 1. The van der Waals surface area contributed by atoms with Crippen LogP contribution in [-0.4, -0.2) is 39.5 Å². The zero-order valence-corrected chi connectivity index (χ0v) is 23.9. The van der Waals surface area contributed by atoms with Crippen molar-refractivity contribution >= 4 is 17.6 Å². The number of benzene rings is 3. The molecule has 40 heavy (non-hydrogen) atoms. The van der Waals surface area contributed by atoms with E-state index in [1.54, 1.807) is 34.1 Å². The lowest BCUT2D eigenvalue weighted by Crippen LogP contribution is -2.59. The highest BCUT2D eigenvalue weighted by molar-refractivity contribution is 5.94. The molecule has 0 saturated heterocycles. The average molecular weight is 544 g/mol. The van der Waals surface area contributed by atoms with Gasteiger partial charge in [0.1, 0.15) is 11.9 Å². The first-order valence-corrected chi connectivity index (χ1v) is 13.7. The molecule has 1 aliphatic rings. The Morgan fingerprint density at radius 1 is 0.975 bits per heavy atom. The van der Waals surface area contributed by atoms with Crippen molar-refractivity contribution in [3.8, 4) is 0 Å². The Morgan fingerprint density at radius 2 is 1.57 bits per heavy atom. The molecular formula is C33H38FN3O3. The maximum absolute atomic E-state index is 14.5. The first-order chi connectivity index (χ1) is 18.9. The smallest absolute Gasteiger partial charge is 0.246 e. The summed E-state index contributed by atoms with van der Waals surface area (Å²) in [6.07, 6.45) is 0.369. The van der Waals surface area contributed by atoms with Crippen LogP contribution in [0.1, 0.15) is 73.3 Å². The van der Waals surface area contributed by atoms with E-state index in [9.17, 15) is 18.8 Å². The molecule has 7 heteroatoms. The molecule has 3 aromatic carbocycles. The molecule has 6 nitrogen and oxygen atoms in total. The fourth-order valence-corrected chi connectivity index (χ4v) is 5.08. The molecule has 0 bridgehead atoms. The summed E-state index contributed by atoms with van der Waals surface area (Å²) in [5, 5.41) is 0. The monoisotopic (exact) mass is 543 g/mol. The van der Waals surface area contributed by atoms with Gasteiger partial charge >= 0.3 is 0 Å².